The van der Waals surface area contributed by atoms with Gasteiger partial charge in [0, 0.05) is 11.3 Å². The zero-order chi connectivity index (χ0) is 9.84. The van der Waals surface area contributed by atoms with Crippen LogP contribution in [0, 0.1) is 0 Å². The van der Waals surface area contributed by atoms with Crippen molar-refractivity contribution in [2.75, 3.05) is 6.61 Å². The predicted molar refractivity (Wildman–Crippen MR) is 41.5 cm³/mol. The SMILES string of the molecule is [N-]=[N+]=N[C@H]1C[C@@H](O)C(O)[C@@H](CO)O1. The molecule has 0 saturated carbocycles. The number of rotatable bonds is 2. The van der Waals surface area contributed by atoms with Crippen molar-refractivity contribution < 1.29 is 20.1 Å². The fourth-order valence-electron chi connectivity index (χ4n) is 1.21. The third-order valence-corrected chi connectivity index (χ3v) is 1.91. The van der Waals surface area contributed by atoms with Crippen LogP contribution in [0.15, 0.2) is 5.11 Å². The van der Waals surface area contributed by atoms with Crippen molar-refractivity contribution in [2.24, 2.45) is 5.11 Å². The molecule has 7 heteroatoms. The van der Waals surface area contributed by atoms with Crippen LogP contribution in [-0.4, -0.2) is 46.5 Å². The summed E-state index contributed by atoms with van der Waals surface area (Å²) in [5.41, 5.74) is 8.10. The second-order valence-corrected chi connectivity index (χ2v) is 2.81. The lowest BCUT2D eigenvalue weighted by Gasteiger charge is -2.34. The summed E-state index contributed by atoms with van der Waals surface area (Å²) in [4.78, 5) is 2.51. The van der Waals surface area contributed by atoms with Gasteiger partial charge in [-0.15, -0.1) is 0 Å². The fraction of sp³-hybridized carbons (Fsp3) is 1.00. The van der Waals surface area contributed by atoms with Crippen molar-refractivity contribution in [3.8, 4) is 0 Å². The first kappa shape index (κ1) is 10.2. The minimum atomic E-state index is -1.13. The summed E-state index contributed by atoms with van der Waals surface area (Å²) in [5, 5.41) is 30.5. The molecule has 3 N–H and O–H groups in total. The average Bonchev–Trinajstić information content (AvgIpc) is 2.11. The van der Waals surface area contributed by atoms with Gasteiger partial charge < -0.3 is 20.1 Å². The van der Waals surface area contributed by atoms with E-state index in [1.165, 1.54) is 0 Å². The summed E-state index contributed by atoms with van der Waals surface area (Å²) in [6, 6.07) is 0. The number of hydrogen-bond acceptors (Lipinski definition) is 5. The van der Waals surface area contributed by atoms with Crippen LogP contribution in [0.4, 0.5) is 0 Å². The summed E-state index contributed by atoms with van der Waals surface area (Å²) in [7, 11) is 0. The van der Waals surface area contributed by atoms with Crippen molar-refractivity contribution in [1.82, 2.24) is 0 Å². The minimum absolute atomic E-state index is 0.0434. The fourth-order valence-corrected chi connectivity index (χ4v) is 1.21. The summed E-state index contributed by atoms with van der Waals surface area (Å²) in [5.74, 6) is 0. The molecule has 1 rings (SSSR count). The molecule has 1 aliphatic rings. The van der Waals surface area contributed by atoms with Crippen molar-refractivity contribution in [2.45, 2.75) is 31.0 Å². The summed E-state index contributed by atoms with van der Waals surface area (Å²) in [6.45, 7) is -0.421. The van der Waals surface area contributed by atoms with Gasteiger partial charge in [0.05, 0.1) is 12.7 Å². The molecule has 0 aliphatic carbocycles. The Morgan fingerprint density at radius 3 is 2.77 bits per heavy atom. The van der Waals surface area contributed by atoms with Gasteiger partial charge in [0.1, 0.15) is 18.4 Å². The molecule has 13 heavy (non-hydrogen) atoms. The summed E-state index contributed by atoms with van der Waals surface area (Å²) >= 11 is 0. The molecule has 0 aromatic rings. The Morgan fingerprint density at radius 2 is 2.23 bits per heavy atom. The first-order valence-electron chi connectivity index (χ1n) is 3.85. The number of azide groups is 1. The van der Waals surface area contributed by atoms with Gasteiger partial charge in [-0.1, -0.05) is 5.11 Å². The topological polar surface area (TPSA) is 119 Å². The monoisotopic (exact) mass is 189 g/mol. The van der Waals surface area contributed by atoms with Crippen molar-refractivity contribution >= 4 is 0 Å². The predicted octanol–water partition coefficient (Wildman–Crippen LogP) is -0.874. The van der Waals surface area contributed by atoms with Crippen LogP contribution in [0.3, 0.4) is 0 Å². The first-order valence-corrected chi connectivity index (χ1v) is 3.85. The number of aliphatic hydroxyl groups is 3. The number of aliphatic hydroxyl groups excluding tert-OH is 3. The molecule has 1 aliphatic heterocycles. The zero-order valence-electron chi connectivity index (χ0n) is 6.82. The highest BCUT2D eigenvalue weighted by molar-refractivity contribution is 4.84. The number of ether oxygens (including phenoxy) is 1. The van der Waals surface area contributed by atoms with Crippen molar-refractivity contribution in [1.29, 1.82) is 0 Å². The quantitative estimate of drug-likeness (QED) is 0.297. The van der Waals surface area contributed by atoms with Crippen LogP contribution in [0.2, 0.25) is 0 Å². The third kappa shape index (κ3) is 2.30. The summed E-state index contributed by atoms with van der Waals surface area (Å²) in [6.07, 6.45) is -3.82. The maximum atomic E-state index is 9.25. The Labute approximate surface area is 74.2 Å². The molecule has 0 bridgehead atoms. The van der Waals surface area contributed by atoms with Gasteiger partial charge in [-0.25, -0.2) is 0 Å². The third-order valence-electron chi connectivity index (χ3n) is 1.91. The lowest BCUT2D eigenvalue weighted by molar-refractivity contribution is -0.177. The van der Waals surface area contributed by atoms with Crippen molar-refractivity contribution in [3.63, 3.8) is 0 Å². The highest BCUT2D eigenvalue weighted by atomic mass is 16.5. The first-order chi connectivity index (χ1) is 6.19. The van der Waals surface area contributed by atoms with Gasteiger partial charge in [0.15, 0.2) is 0 Å². The smallest absolute Gasteiger partial charge is 0.139 e. The Balaban J connectivity index is 2.62. The lowest BCUT2D eigenvalue weighted by atomic mass is 10.0. The molecule has 0 aromatic heterocycles. The van der Waals surface area contributed by atoms with Gasteiger partial charge in [0.25, 0.3) is 0 Å². The minimum Gasteiger partial charge on any atom is -0.394 e. The molecule has 1 unspecified atom stereocenters. The second-order valence-electron chi connectivity index (χ2n) is 2.81. The number of nitrogens with zero attached hydrogens (tertiary/aromatic N) is 3. The highest BCUT2D eigenvalue weighted by Gasteiger charge is 2.35. The van der Waals surface area contributed by atoms with Gasteiger partial charge in [-0.2, -0.15) is 0 Å². The van der Waals surface area contributed by atoms with E-state index in [1.54, 1.807) is 0 Å². The molecule has 0 aromatic carbocycles. The molecule has 0 spiro atoms. The Morgan fingerprint density at radius 1 is 1.54 bits per heavy atom. The van der Waals surface area contributed by atoms with E-state index in [2.05, 4.69) is 10.0 Å². The standard InChI is InChI=1S/C6H11N3O4/c7-9-8-5-1-3(11)6(12)4(2-10)13-5/h3-6,10-12H,1-2H2/t3-,4-,5-,6?/m1/s1. The zero-order valence-corrected chi connectivity index (χ0v) is 6.82. The van der Waals surface area contributed by atoms with Crippen LogP contribution in [0.1, 0.15) is 6.42 Å². The molecule has 1 saturated heterocycles. The van der Waals surface area contributed by atoms with E-state index in [1.807, 2.05) is 0 Å². The van der Waals surface area contributed by atoms with Gasteiger partial charge >= 0.3 is 0 Å². The maximum Gasteiger partial charge on any atom is 0.139 e. The molecular weight excluding hydrogens is 178 g/mol. The van der Waals surface area contributed by atoms with Gasteiger partial charge in [0.2, 0.25) is 0 Å². The van der Waals surface area contributed by atoms with Crippen LogP contribution in [0.25, 0.3) is 10.4 Å². The Bertz CT molecular complexity index is 218. The van der Waals surface area contributed by atoms with Crippen molar-refractivity contribution in [3.05, 3.63) is 10.4 Å². The molecule has 74 valence electrons. The van der Waals surface area contributed by atoms with E-state index >= 15 is 0 Å². The van der Waals surface area contributed by atoms with Gasteiger partial charge in [-0.3, -0.25) is 0 Å². The van der Waals surface area contributed by atoms with E-state index in [4.69, 9.17) is 15.4 Å². The molecule has 0 amide bonds. The van der Waals surface area contributed by atoms with E-state index in [0.29, 0.717) is 0 Å². The molecule has 1 fully saturated rings. The molecule has 4 atom stereocenters. The Hall–Kier alpha value is -0.850. The normalized spacial score (nSPS) is 39.6. The molecule has 0 radical (unpaired) electrons. The average molecular weight is 189 g/mol. The second kappa shape index (κ2) is 4.40. The van der Waals surface area contributed by atoms with Gasteiger partial charge in [-0.05, 0) is 5.53 Å². The molecule has 7 nitrogen and oxygen atoms in total. The molecular formula is C6H11N3O4. The lowest BCUT2D eigenvalue weighted by Crippen LogP contribution is -2.49. The molecule has 1 heterocycles. The Kier molecular flexibility index (Phi) is 3.47. The van der Waals surface area contributed by atoms with E-state index in [0.717, 1.165) is 0 Å². The highest BCUT2D eigenvalue weighted by Crippen LogP contribution is 2.20. The van der Waals surface area contributed by atoms with Crippen LogP contribution < -0.4 is 0 Å². The maximum absolute atomic E-state index is 9.25. The van der Waals surface area contributed by atoms with E-state index in [-0.39, 0.29) is 6.42 Å². The largest absolute Gasteiger partial charge is 0.394 e. The van der Waals surface area contributed by atoms with E-state index < -0.39 is 31.1 Å². The van der Waals surface area contributed by atoms with Crippen LogP contribution in [-0.2, 0) is 4.74 Å². The van der Waals surface area contributed by atoms with E-state index in [9.17, 15) is 10.2 Å². The van der Waals surface area contributed by atoms with Crippen LogP contribution >= 0.6 is 0 Å². The van der Waals surface area contributed by atoms with Crippen LogP contribution in [0.5, 0.6) is 0 Å². The summed E-state index contributed by atoms with van der Waals surface area (Å²) < 4.78 is 4.98. The number of hydrogen-bond donors (Lipinski definition) is 3.